The molecule has 0 spiro atoms. The lowest BCUT2D eigenvalue weighted by Gasteiger charge is -2.51. The highest BCUT2D eigenvalue weighted by Gasteiger charge is 2.49. The molecule has 2 unspecified atom stereocenters. The Morgan fingerprint density at radius 3 is 2.15 bits per heavy atom. The Morgan fingerprint density at radius 1 is 1.15 bits per heavy atom. The highest BCUT2D eigenvalue weighted by atomic mass is 16.6. The van der Waals surface area contributed by atoms with E-state index in [9.17, 15) is 9.90 Å². The number of fused-ring (bicyclic) bond motifs is 2. The number of rotatable bonds is 2. The molecule has 0 aliphatic carbocycles. The number of hydrogen-bond acceptors (Lipinski definition) is 4. The lowest BCUT2D eigenvalue weighted by atomic mass is 9.72. The molecule has 1 amide bonds. The molecule has 0 aromatic heterocycles. The van der Waals surface area contributed by atoms with E-state index in [0.29, 0.717) is 12.8 Å². The first-order valence-corrected chi connectivity index (χ1v) is 9.61. The summed E-state index contributed by atoms with van der Waals surface area (Å²) in [5, 5.41) is 11.4. The summed E-state index contributed by atoms with van der Waals surface area (Å²) in [6.07, 6.45) is 3.86. The van der Waals surface area contributed by atoms with Crippen molar-refractivity contribution in [3.63, 3.8) is 0 Å². The molecule has 2 atom stereocenters. The second kappa shape index (κ2) is 6.76. The molecular weight excluding hydrogens is 328 g/mol. The molecule has 26 heavy (non-hydrogen) atoms. The number of nitrogens with zero attached hydrogens (tertiary/aromatic N) is 2. The lowest BCUT2D eigenvalue weighted by Crippen LogP contribution is -2.59. The van der Waals surface area contributed by atoms with Crippen LogP contribution in [0.1, 0.15) is 58.4 Å². The molecule has 3 rings (SSSR count). The fourth-order valence-corrected chi connectivity index (χ4v) is 4.35. The van der Waals surface area contributed by atoms with E-state index >= 15 is 0 Å². The van der Waals surface area contributed by atoms with Gasteiger partial charge in [0, 0.05) is 44.7 Å². The summed E-state index contributed by atoms with van der Waals surface area (Å²) in [7, 11) is 4.01. The van der Waals surface area contributed by atoms with Crippen LogP contribution in [0.3, 0.4) is 0 Å². The SMILES string of the molecule is CN(C)c1ccc(C2(O)CC3CCCC(C2)N3C(=O)OC(C)(C)C)cc1. The minimum atomic E-state index is -0.876. The Balaban J connectivity index is 1.81. The molecule has 2 bridgehead atoms. The highest BCUT2D eigenvalue weighted by molar-refractivity contribution is 5.69. The minimum absolute atomic E-state index is 0.0378. The molecule has 1 N–H and O–H groups in total. The van der Waals surface area contributed by atoms with Crippen LogP contribution in [0.2, 0.25) is 0 Å². The van der Waals surface area contributed by atoms with Crippen molar-refractivity contribution in [1.29, 1.82) is 0 Å². The first kappa shape index (κ1) is 19.0. The van der Waals surface area contributed by atoms with E-state index < -0.39 is 11.2 Å². The maximum atomic E-state index is 12.7. The van der Waals surface area contributed by atoms with Gasteiger partial charge in [0.25, 0.3) is 0 Å². The number of benzene rings is 1. The Hall–Kier alpha value is -1.75. The van der Waals surface area contributed by atoms with Crippen LogP contribution in [0.15, 0.2) is 24.3 Å². The van der Waals surface area contributed by atoms with Gasteiger partial charge in [0.1, 0.15) is 5.60 Å². The van der Waals surface area contributed by atoms with Gasteiger partial charge in [-0.25, -0.2) is 4.79 Å². The van der Waals surface area contributed by atoms with Crippen molar-refractivity contribution in [2.24, 2.45) is 0 Å². The summed E-state index contributed by atoms with van der Waals surface area (Å²) in [5.74, 6) is 0. The predicted molar refractivity (Wildman–Crippen MR) is 103 cm³/mol. The van der Waals surface area contributed by atoms with Crippen LogP contribution < -0.4 is 4.90 Å². The zero-order valence-corrected chi connectivity index (χ0v) is 16.7. The van der Waals surface area contributed by atoms with Crippen molar-refractivity contribution in [1.82, 2.24) is 4.90 Å². The predicted octanol–water partition coefficient (Wildman–Crippen LogP) is 3.89. The number of amides is 1. The van der Waals surface area contributed by atoms with Gasteiger partial charge in [0.2, 0.25) is 0 Å². The van der Waals surface area contributed by atoms with E-state index in [1.807, 2.05) is 68.9 Å². The van der Waals surface area contributed by atoms with Gasteiger partial charge in [-0.05, 0) is 57.7 Å². The van der Waals surface area contributed by atoms with Crippen molar-refractivity contribution < 1.29 is 14.6 Å². The monoisotopic (exact) mass is 360 g/mol. The van der Waals surface area contributed by atoms with Gasteiger partial charge >= 0.3 is 6.09 Å². The summed E-state index contributed by atoms with van der Waals surface area (Å²) in [4.78, 5) is 16.7. The second-order valence-electron chi connectivity index (χ2n) is 9.01. The third kappa shape index (κ3) is 3.83. The molecule has 1 aromatic rings. The summed E-state index contributed by atoms with van der Waals surface area (Å²) < 4.78 is 5.63. The molecule has 2 fully saturated rings. The molecule has 2 aliphatic rings. The molecular formula is C21H32N2O3. The molecule has 0 radical (unpaired) electrons. The van der Waals surface area contributed by atoms with Gasteiger partial charge in [-0.15, -0.1) is 0 Å². The van der Waals surface area contributed by atoms with E-state index in [2.05, 4.69) is 0 Å². The first-order valence-electron chi connectivity index (χ1n) is 9.61. The molecule has 2 saturated heterocycles. The van der Waals surface area contributed by atoms with Crippen molar-refractivity contribution in [2.45, 2.75) is 76.2 Å². The van der Waals surface area contributed by atoms with Crippen LogP contribution in [-0.2, 0) is 10.3 Å². The quantitative estimate of drug-likeness (QED) is 0.869. The van der Waals surface area contributed by atoms with Crippen molar-refractivity contribution >= 4 is 11.8 Å². The van der Waals surface area contributed by atoms with Gasteiger partial charge in [-0.1, -0.05) is 12.1 Å². The summed E-state index contributed by atoms with van der Waals surface area (Å²) >= 11 is 0. The lowest BCUT2D eigenvalue weighted by molar-refractivity contribution is -0.0965. The van der Waals surface area contributed by atoms with Crippen LogP contribution in [-0.4, -0.2) is 47.9 Å². The number of anilines is 1. The van der Waals surface area contributed by atoms with E-state index in [1.54, 1.807) is 0 Å². The Kier molecular flexibility index (Phi) is 4.95. The third-order valence-electron chi connectivity index (χ3n) is 5.53. The molecule has 144 valence electrons. The standard InChI is InChI=1S/C21H32N2O3/c1-20(2,3)26-19(24)23-17-7-6-8-18(23)14-21(25,13-17)15-9-11-16(12-10-15)22(4)5/h9-12,17-18,25H,6-8,13-14H2,1-5H3. The summed E-state index contributed by atoms with van der Waals surface area (Å²) in [6.45, 7) is 5.69. The van der Waals surface area contributed by atoms with E-state index in [0.717, 1.165) is 30.5 Å². The van der Waals surface area contributed by atoms with Crippen molar-refractivity contribution in [2.75, 3.05) is 19.0 Å². The van der Waals surface area contributed by atoms with Gasteiger partial charge in [-0.2, -0.15) is 0 Å². The molecule has 5 heteroatoms. The zero-order chi connectivity index (χ0) is 19.1. The Bertz CT molecular complexity index is 634. The van der Waals surface area contributed by atoms with Crippen LogP contribution in [0.4, 0.5) is 10.5 Å². The number of ether oxygens (including phenoxy) is 1. The summed E-state index contributed by atoms with van der Waals surface area (Å²) in [6, 6.07) is 8.21. The van der Waals surface area contributed by atoms with Gasteiger partial charge < -0.3 is 19.6 Å². The topological polar surface area (TPSA) is 53.0 Å². The van der Waals surface area contributed by atoms with E-state index in [1.165, 1.54) is 0 Å². The number of carbonyl (C=O) groups excluding carboxylic acids is 1. The average Bonchev–Trinajstić information content (AvgIpc) is 2.52. The third-order valence-corrected chi connectivity index (χ3v) is 5.53. The fourth-order valence-electron chi connectivity index (χ4n) is 4.35. The van der Waals surface area contributed by atoms with Crippen LogP contribution >= 0.6 is 0 Å². The number of aliphatic hydroxyl groups is 1. The van der Waals surface area contributed by atoms with Gasteiger partial charge in [0.15, 0.2) is 0 Å². The van der Waals surface area contributed by atoms with E-state index in [-0.39, 0.29) is 18.2 Å². The number of hydrogen-bond donors (Lipinski definition) is 1. The summed E-state index contributed by atoms with van der Waals surface area (Å²) in [5.41, 5.74) is 0.688. The average molecular weight is 360 g/mol. The Morgan fingerprint density at radius 2 is 1.69 bits per heavy atom. The van der Waals surface area contributed by atoms with Crippen LogP contribution in [0, 0.1) is 0 Å². The van der Waals surface area contributed by atoms with Crippen molar-refractivity contribution in [3.05, 3.63) is 29.8 Å². The fraction of sp³-hybridized carbons (Fsp3) is 0.667. The maximum absolute atomic E-state index is 12.7. The molecule has 2 aliphatic heterocycles. The molecule has 1 aromatic carbocycles. The van der Waals surface area contributed by atoms with Gasteiger partial charge in [0.05, 0.1) is 5.60 Å². The number of carbonyl (C=O) groups is 1. The highest BCUT2D eigenvalue weighted by Crippen LogP contribution is 2.45. The number of piperidine rings is 2. The first-order chi connectivity index (χ1) is 12.1. The zero-order valence-electron chi connectivity index (χ0n) is 16.7. The Labute approximate surface area is 156 Å². The smallest absolute Gasteiger partial charge is 0.410 e. The largest absolute Gasteiger partial charge is 0.444 e. The van der Waals surface area contributed by atoms with Crippen LogP contribution in [0.25, 0.3) is 0 Å². The van der Waals surface area contributed by atoms with Gasteiger partial charge in [-0.3, -0.25) is 0 Å². The van der Waals surface area contributed by atoms with Crippen molar-refractivity contribution in [3.8, 4) is 0 Å². The van der Waals surface area contributed by atoms with Crippen LogP contribution in [0.5, 0.6) is 0 Å². The second-order valence-corrected chi connectivity index (χ2v) is 9.01. The molecule has 5 nitrogen and oxygen atoms in total. The maximum Gasteiger partial charge on any atom is 0.410 e. The minimum Gasteiger partial charge on any atom is -0.444 e. The molecule has 0 saturated carbocycles. The van der Waals surface area contributed by atoms with E-state index in [4.69, 9.17) is 4.74 Å². The normalized spacial score (nSPS) is 28.6. The molecule has 2 heterocycles.